The number of aliphatic hydroxyl groups is 2. The first-order chi connectivity index (χ1) is 32.4. The minimum absolute atomic E-state index is 0.0158. The zero-order valence-electron chi connectivity index (χ0n) is 39.0. The van der Waals surface area contributed by atoms with Crippen molar-refractivity contribution in [3.8, 4) is 29.1 Å². The van der Waals surface area contributed by atoms with Crippen LogP contribution in [0, 0.1) is 36.0 Å². The maximum absolute atomic E-state index is 15.5. The molecule has 0 radical (unpaired) electrons. The molecule has 2 N–H and O–H groups in total. The summed E-state index contributed by atoms with van der Waals surface area (Å²) in [5, 5.41) is 34.8. The van der Waals surface area contributed by atoms with Gasteiger partial charge in [0.2, 0.25) is 12.6 Å². The zero-order chi connectivity index (χ0) is 47.1. The van der Waals surface area contributed by atoms with Gasteiger partial charge in [-0.2, -0.15) is 5.26 Å². The van der Waals surface area contributed by atoms with Gasteiger partial charge < -0.3 is 43.6 Å². The fourth-order valence-corrected chi connectivity index (χ4v) is 10.2. The summed E-state index contributed by atoms with van der Waals surface area (Å²) < 4.78 is 32.7. The number of hydrogen-bond acceptors (Lipinski definition) is 12. The number of aromatic nitrogens is 1. The number of nitriles is 1. The maximum Gasteiger partial charge on any atom is 0.254 e. The van der Waals surface area contributed by atoms with Gasteiger partial charge in [0, 0.05) is 48.9 Å². The molecule has 6 unspecified atom stereocenters. The number of aryl methyl sites for hydroxylation is 1. The molecule has 1 saturated carbocycles. The summed E-state index contributed by atoms with van der Waals surface area (Å²) in [6.07, 6.45) is 8.72. The molecule has 13 nitrogen and oxygen atoms in total. The average molecular weight is 911 g/mol. The number of nitrogens with zero attached hydrogens (tertiary/aromatic N) is 4. The van der Waals surface area contributed by atoms with Crippen molar-refractivity contribution in [1.29, 1.82) is 5.26 Å². The Morgan fingerprint density at radius 2 is 1.75 bits per heavy atom. The van der Waals surface area contributed by atoms with E-state index < -0.39 is 23.3 Å². The number of carbonyl (C=O) groups is 1. The summed E-state index contributed by atoms with van der Waals surface area (Å²) >= 11 is 0. The smallest absolute Gasteiger partial charge is 0.254 e. The highest BCUT2D eigenvalue weighted by Gasteiger charge is 2.65. The van der Waals surface area contributed by atoms with Gasteiger partial charge in [-0.25, -0.2) is 0 Å². The van der Waals surface area contributed by atoms with E-state index in [1.807, 2.05) is 81.1 Å². The van der Waals surface area contributed by atoms with Crippen LogP contribution in [0.2, 0.25) is 0 Å². The van der Waals surface area contributed by atoms with E-state index in [9.17, 15) is 15.5 Å². The van der Waals surface area contributed by atoms with Gasteiger partial charge in [0.15, 0.2) is 11.5 Å². The van der Waals surface area contributed by atoms with Gasteiger partial charge in [-0.05, 0) is 143 Å². The predicted octanol–water partition coefficient (Wildman–Crippen LogP) is 9.34. The van der Waals surface area contributed by atoms with E-state index in [1.54, 1.807) is 30.3 Å². The number of rotatable bonds is 19. The quantitative estimate of drug-likeness (QED) is 0.0523. The summed E-state index contributed by atoms with van der Waals surface area (Å²) in [5.41, 5.74) is 5.24. The fourth-order valence-electron chi connectivity index (χ4n) is 10.2. The Balaban J connectivity index is 1.35. The molecule has 3 aromatic carbocycles. The fraction of sp³-hybridized carbons (Fsp3) is 0.444. The lowest BCUT2D eigenvalue weighted by molar-refractivity contribution is -0.255. The maximum atomic E-state index is 15.5. The van der Waals surface area contributed by atoms with Crippen LogP contribution < -0.4 is 18.9 Å². The standard InChI is InChI=1S/C54H62N4O9/c1-6-26-65-54-49(58(52(61)38-19-16-36(31-55)17-20-38)32-37-18-22-47-48(27-37)64-34-63-47)30-45(57-67-53(3,4)5)43-28-39(13-7-9-24-59)42(15-8-10-25-60)50(51(43)54)44-29-41(21-23-46(44)66-54)62-33-40-14-11-12-35(2)56-40/h6,11-12,14,16-23,27-29,39,42,49-51,59-60H,1,7-10,13,15,24-26,30,32-34H2,2-5H3. The van der Waals surface area contributed by atoms with E-state index in [0.29, 0.717) is 52.7 Å². The number of amides is 1. The molecule has 1 aromatic heterocycles. The van der Waals surface area contributed by atoms with E-state index in [0.717, 1.165) is 53.8 Å². The average Bonchev–Trinajstić information content (AvgIpc) is 3.80. The first kappa shape index (κ1) is 47.3. The molecule has 352 valence electrons. The van der Waals surface area contributed by atoms with Crippen LogP contribution in [0.25, 0.3) is 0 Å². The number of unbranched alkanes of at least 4 members (excludes halogenated alkanes) is 2. The van der Waals surface area contributed by atoms with Crippen molar-refractivity contribution in [1.82, 2.24) is 9.88 Å². The second-order valence-electron chi connectivity index (χ2n) is 18.8. The van der Waals surface area contributed by atoms with Gasteiger partial charge in [0.1, 0.15) is 29.7 Å². The van der Waals surface area contributed by atoms with Crippen LogP contribution >= 0.6 is 0 Å². The van der Waals surface area contributed by atoms with Crippen LogP contribution in [0.5, 0.6) is 23.0 Å². The SMILES string of the molecule is C=CCOC12Oc3ccc(OCc4cccc(C)n4)cc3C3C(CCCCO)C(CCCCO)C=C(C(=NOC(C)(C)C)CC1N(Cc1ccc4c(c1)OCO4)C(=O)c1ccc(C#N)cc1)C32. The number of allylic oxidation sites excluding steroid dienone is 1. The summed E-state index contributed by atoms with van der Waals surface area (Å²) in [6.45, 7) is 12.7. The van der Waals surface area contributed by atoms with E-state index >= 15 is 4.79 Å². The van der Waals surface area contributed by atoms with Crippen molar-refractivity contribution in [3.05, 3.63) is 137 Å². The number of pyridine rings is 1. The molecule has 8 rings (SSSR count). The summed E-state index contributed by atoms with van der Waals surface area (Å²) in [7, 11) is 0. The van der Waals surface area contributed by atoms with Crippen LogP contribution in [0.4, 0.5) is 0 Å². The van der Waals surface area contributed by atoms with Crippen LogP contribution in [0.15, 0.2) is 108 Å². The molecule has 4 aromatic rings. The van der Waals surface area contributed by atoms with Crippen LogP contribution in [-0.2, 0) is 22.7 Å². The van der Waals surface area contributed by atoms with Gasteiger partial charge in [-0.3, -0.25) is 9.78 Å². The van der Waals surface area contributed by atoms with E-state index in [-0.39, 0.29) is 69.8 Å². The third-order valence-electron chi connectivity index (χ3n) is 13.1. The third kappa shape index (κ3) is 10.4. The molecule has 67 heavy (non-hydrogen) atoms. The topological polar surface area (TPSA) is 165 Å². The van der Waals surface area contributed by atoms with Crippen LogP contribution in [0.3, 0.4) is 0 Å². The minimum atomic E-state index is -1.50. The highest BCUT2D eigenvalue weighted by molar-refractivity contribution is 6.03. The second kappa shape index (κ2) is 20.8. The van der Waals surface area contributed by atoms with Crippen molar-refractivity contribution >= 4 is 11.6 Å². The molecule has 2 aliphatic carbocycles. The monoisotopic (exact) mass is 910 g/mol. The Labute approximate surface area is 393 Å². The number of carbonyl (C=O) groups excluding carboxylic acids is 1. The van der Waals surface area contributed by atoms with Gasteiger partial charge in [0.05, 0.1) is 35.6 Å². The molecule has 0 saturated heterocycles. The van der Waals surface area contributed by atoms with Gasteiger partial charge >= 0.3 is 0 Å². The second-order valence-corrected chi connectivity index (χ2v) is 18.8. The molecular formula is C54H62N4O9. The van der Waals surface area contributed by atoms with Gasteiger partial charge in [-0.1, -0.05) is 42.3 Å². The molecule has 1 amide bonds. The Bertz CT molecular complexity index is 2510. The van der Waals surface area contributed by atoms with Crippen molar-refractivity contribution < 1.29 is 43.5 Å². The molecule has 4 aliphatic rings. The van der Waals surface area contributed by atoms with Gasteiger partial charge in [-0.15, -0.1) is 6.58 Å². The van der Waals surface area contributed by atoms with E-state index in [2.05, 4.69) is 29.8 Å². The lowest BCUT2D eigenvalue weighted by Crippen LogP contribution is -2.70. The Kier molecular flexibility index (Phi) is 14.7. The summed E-state index contributed by atoms with van der Waals surface area (Å²) in [6, 6.07) is 25.5. The molecule has 0 spiro atoms. The number of oxime groups is 1. The number of fused-ring (bicyclic) bond motifs is 3. The first-order valence-electron chi connectivity index (χ1n) is 23.5. The van der Waals surface area contributed by atoms with Crippen molar-refractivity contribution in [2.24, 2.45) is 22.9 Å². The Morgan fingerprint density at radius 1 is 0.985 bits per heavy atom. The predicted molar refractivity (Wildman–Crippen MR) is 253 cm³/mol. The molecule has 2 aliphatic heterocycles. The van der Waals surface area contributed by atoms with Crippen molar-refractivity contribution in [3.63, 3.8) is 0 Å². The molecular weight excluding hydrogens is 849 g/mol. The number of hydrogen-bond donors (Lipinski definition) is 2. The molecule has 3 heterocycles. The molecule has 0 bridgehead atoms. The summed E-state index contributed by atoms with van der Waals surface area (Å²) in [4.78, 5) is 28.3. The Hall–Kier alpha value is -6.20. The van der Waals surface area contributed by atoms with Crippen LogP contribution in [0.1, 0.15) is 110 Å². The number of aliphatic hydroxyl groups excluding tert-OH is 2. The highest BCUT2D eigenvalue weighted by Crippen LogP contribution is 2.62. The first-order valence-corrected chi connectivity index (χ1v) is 23.5. The summed E-state index contributed by atoms with van der Waals surface area (Å²) in [5.74, 6) is -0.0527. The minimum Gasteiger partial charge on any atom is -0.487 e. The lowest BCUT2D eigenvalue weighted by atomic mass is 9.55. The molecule has 1 fully saturated rings. The largest absolute Gasteiger partial charge is 0.487 e. The van der Waals surface area contributed by atoms with Crippen molar-refractivity contribution in [2.75, 3.05) is 26.6 Å². The molecule has 13 heteroatoms. The zero-order valence-corrected chi connectivity index (χ0v) is 39.0. The van der Waals surface area contributed by atoms with Gasteiger partial charge in [0.25, 0.3) is 5.91 Å². The molecule has 6 atom stereocenters. The van der Waals surface area contributed by atoms with Crippen LogP contribution in [-0.4, -0.2) is 75.8 Å². The Morgan fingerprint density at radius 3 is 2.48 bits per heavy atom. The normalized spacial score (nSPS) is 23.0. The lowest BCUT2D eigenvalue weighted by Gasteiger charge is -2.60. The van der Waals surface area contributed by atoms with E-state index in [4.69, 9.17) is 33.7 Å². The highest BCUT2D eigenvalue weighted by atomic mass is 16.7. The number of benzene rings is 3. The number of ether oxygens (including phenoxy) is 5. The van der Waals surface area contributed by atoms with E-state index in [1.165, 1.54) is 0 Å². The van der Waals surface area contributed by atoms with Crippen molar-refractivity contribution in [2.45, 2.75) is 109 Å². The third-order valence-corrected chi connectivity index (χ3v) is 13.1.